The van der Waals surface area contributed by atoms with Crippen LogP contribution in [-0.4, -0.2) is 9.79 Å². The van der Waals surface area contributed by atoms with Crippen LogP contribution in [0.1, 0.15) is 162 Å². The average Bonchev–Trinajstić information content (AvgIpc) is 2.79. The van der Waals surface area contributed by atoms with Crippen molar-refractivity contribution in [3.8, 4) is 0 Å². The van der Waals surface area contributed by atoms with Crippen LogP contribution in [-0.2, 0) is 31.8 Å². The first-order chi connectivity index (χ1) is 18.6. The van der Waals surface area contributed by atoms with Crippen LogP contribution in [0, 0.1) is 5.41 Å². The SMILES string of the molecule is CCCCC1(C(OP(O)O)(c2ccc(C(C)(C)C)cc2C(C)(C)C)c2ccc(C(C)(C)C)cc2C(C)(C)C)CCC1. The highest BCUT2D eigenvalue weighted by Gasteiger charge is 2.60. The predicted molar refractivity (Wildman–Crippen MR) is 177 cm³/mol. The van der Waals surface area contributed by atoms with Gasteiger partial charge in [0.2, 0.25) is 0 Å². The molecule has 0 amide bonds. The molecule has 0 unspecified atom stereocenters. The molecule has 3 nitrogen and oxygen atoms in total. The standard InChI is InChI=1S/C37H59O3P/c1-14-15-21-36(22-16-23-36)37(40-41(38)39,28-19-17-26(32(2,3)4)24-30(28)34(8,9)10)29-20-18-27(33(5,6)7)25-31(29)35(11,12)13/h17-20,24-25,38-39H,14-16,21-23H2,1-13H3. The molecule has 1 saturated carbocycles. The van der Waals surface area contributed by atoms with Crippen LogP contribution in [0.5, 0.6) is 0 Å². The zero-order valence-corrected chi connectivity index (χ0v) is 29.4. The van der Waals surface area contributed by atoms with Crippen LogP contribution in [0.15, 0.2) is 36.4 Å². The van der Waals surface area contributed by atoms with Crippen molar-refractivity contribution in [1.29, 1.82) is 0 Å². The van der Waals surface area contributed by atoms with Gasteiger partial charge in [-0.05, 0) is 74.3 Å². The Kier molecular flexibility index (Phi) is 9.76. The fourth-order valence-electron chi connectivity index (χ4n) is 6.81. The van der Waals surface area contributed by atoms with E-state index in [0.29, 0.717) is 0 Å². The van der Waals surface area contributed by atoms with Gasteiger partial charge in [0.25, 0.3) is 0 Å². The molecule has 0 aliphatic heterocycles. The highest BCUT2D eigenvalue weighted by Crippen LogP contribution is 2.66. The van der Waals surface area contributed by atoms with E-state index in [1.54, 1.807) is 0 Å². The van der Waals surface area contributed by atoms with E-state index in [0.717, 1.165) is 49.7 Å². The van der Waals surface area contributed by atoms with E-state index < -0.39 is 14.2 Å². The van der Waals surface area contributed by atoms with Crippen LogP contribution in [0.4, 0.5) is 0 Å². The Morgan fingerprint density at radius 3 is 1.34 bits per heavy atom. The van der Waals surface area contributed by atoms with Crippen LogP contribution in [0.2, 0.25) is 0 Å². The van der Waals surface area contributed by atoms with Crippen molar-refractivity contribution in [2.24, 2.45) is 5.41 Å². The maximum absolute atomic E-state index is 10.9. The summed E-state index contributed by atoms with van der Waals surface area (Å²) in [5, 5.41) is 0. The number of benzene rings is 2. The molecule has 1 aliphatic rings. The van der Waals surface area contributed by atoms with Crippen molar-refractivity contribution >= 4 is 8.60 Å². The lowest BCUT2D eigenvalue weighted by molar-refractivity contribution is -0.0995. The molecule has 1 aliphatic carbocycles. The molecule has 2 aromatic carbocycles. The third-order valence-electron chi connectivity index (χ3n) is 9.43. The third kappa shape index (κ3) is 6.80. The molecule has 0 spiro atoms. The van der Waals surface area contributed by atoms with Gasteiger partial charge in [-0.3, -0.25) is 4.52 Å². The summed E-state index contributed by atoms with van der Waals surface area (Å²) in [5.74, 6) is 0. The smallest absolute Gasteiger partial charge is 0.328 e. The Morgan fingerprint density at radius 1 is 0.659 bits per heavy atom. The first kappa shape index (κ1) is 34.2. The summed E-state index contributed by atoms with van der Waals surface area (Å²) in [5.41, 5.74) is 5.61. The lowest BCUT2D eigenvalue weighted by Crippen LogP contribution is -2.54. The van der Waals surface area contributed by atoms with Gasteiger partial charge in [-0.25, -0.2) is 0 Å². The fraction of sp³-hybridized carbons (Fsp3) is 0.676. The molecule has 0 bridgehead atoms. The Morgan fingerprint density at radius 2 is 1.07 bits per heavy atom. The lowest BCUT2D eigenvalue weighted by Gasteiger charge is -2.58. The molecule has 1 fully saturated rings. The van der Waals surface area contributed by atoms with Gasteiger partial charge in [-0.2, -0.15) is 0 Å². The molecule has 4 heteroatoms. The van der Waals surface area contributed by atoms with Gasteiger partial charge in [0.05, 0.1) is 0 Å². The Balaban J connectivity index is 2.62. The van der Waals surface area contributed by atoms with Gasteiger partial charge in [0.1, 0.15) is 5.60 Å². The minimum atomic E-state index is -2.64. The van der Waals surface area contributed by atoms with Crippen LogP contribution < -0.4 is 0 Å². The van der Waals surface area contributed by atoms with Crippen LogP contribution in [0.25, 0.3) is 0 Å². The Hall–Kier alpha value is -1.25. The summed E-state index contributed by atoms with van der Waals surface area (Å²) in [6.07, 6.45) is 6.29. The molecular weight excluding hydrogens is 523 g/mol. The molecule has 3 rings (SSSR count). The summed E-state index contributed by atoms with van der Waals surface area (Å²) in [4.78, 5) is 21.7. The lowest BCUT2D eigenvalue weighted by atomic mass is 9.50. The van der Waals surface area contributed by atoms with Gasteiger partial charge < -0.3 is 9.79 Å². The van der Waals surface area contributed by atoms with Gasteiger partial charge in [-0.15, -0.1) is 0 Å². The number of unbranched alkanes of at least 4 members (excludes halogenated alkanes) is 1. The average molecular weight is 583 g/mol. The van der Waals surface area contributed by atoms with E-state index in [1.807, 2.05) is 0 Å². The second-order valence-corrected chi connectivity index (χ2v) is 17.5. The van der Waals surface area contributed by atoms with E-state index in [4.69, 9.17) is 4.52 Å². The number of rotatable bonds is 8. The van der Waals surface area contributed by atoms with Gasteiger partial charge in [0, 0.05) is 5.41 Å². The molecule has 2 aromatic rings. The molecular formula is C37H59O3P. The first-order valence-electron chi connectivity index (χ1n) is 15.8. The summed E-state index contributed by atoms with van der Waals surface area (Å²) >= 11 is 0. The van der Waals surface area contributed by atoms with Gasteiger partial charge in [0.15, 0.2) is 0 Å². The molecule has 0 saturated heterocycles. The summed E-state index contributed by atoms with van der Waals surface area (Å²) < 4.78 is 6.81. The molecule has 0 radical (unpaired) electrons. The predicted octanol–water partition coefficient (Wildman–Crippen LogP) is 10.7. The summed E-state index contributed by atoms with van der Waals surface area (Å²) in [6, 6.07) is 13.8. The summed E-state index contributed by atoms with van der Waals surface area (Å²) in [6.45, 7) is 29.5. The van der Waals surface area contributed by atoms with Gasteiger partial charge >= 0.3 is 8.60 Å². The first-order valence-corrected chi connectivity index (χ1v) is 16.9. The molecule has 41 heavy (non-hydrogen) atoms. The van der Waals surface area contributed by atoms with E-state index in [9.17, 15) is 9.79 Å². The third-order valence-corrected chi connectivity index (χ3v) is 9.87. The topological polar surface area (TPSA) is 49.7 Å². The second kappa shape index (κ2) is 11.7. The summed E-state index contributed by atoms with van der Waals surface area (Å²) in [7, 11) is -2.64. The quantitative estimate of drug-likeness (QED) is 0.304. The minimum absolute atomic E-state index is 0.0100. The maximum Gasteiger partial charge on any atom is 0.328 e. The largest absolute Gasteiger partial charge is 0.328 e. The highest BCUT2D eigenvalue weighted by atomic mass is 31.2. The normalized spacial score (nSPS) is 16.7. The van der Waals surface area contributed by atoms with E-state index in [-0.39, 0.29) is 27.1 Å². The number of hydrogen-bond donors (Lipinski definition) is 2. The van der Waals surface area contributed by atoms with Crippen molar-refractivity contribution in [3.63, 3.8) is 0 Å². The fourth-order valence-corrected chi connectivity index (χ4v) is 7.44. The Bertz CT molecular complexity index is 1120. The van der Waals surface area contributed by atoms with Crippen molar-refractivity contribution < 1.29 is 14.3 Å². The van der Waals surface area contributed by atoms with Crippen molar-refractivity contribution in [1.82, 2.24) is 0 Å². The number of hydrogen-bond acceptors (Lipinski definition) is 3. The van der Waals surface area contributed by atoms with E-state index >= 15 is 0 Å². The zero-order valence-electron chi connectivity index (χ0n) is 28.5. The van der Waals surface area contributed by atoms with Crippen LogP contribution >= 0.6 is 8.60 Å². The Labute approximate surface area is 253 Å². The van der Waals surface area contributed by atoms with Gasteiger partial charge in [-0.1, -0.05) is 146 Å². The van der Waals surface area contributed by atoms with E-state index in [1.165, 1.54) is 22.3 Å². The van der Waals surface area contributed by atoms with Crippen molar-refractivity contribution in [2.75, 3.05) is 0 Å². The zero-order chi connectivity index (χ0) is 31.2. The van der Waals surface area contributed by atoms with E-state index in [2.05, 4.69) is 126 Å². The molecule has 0 aromatic heterocycles. The molecule has 0 heterocycles. The molecule has 0 atom stereocenters. The maximum atomic E-state index is 10.9. The monoisotopic (exact) mass is 582 g/mol. The minimum Gasteiger partial charge on any atom is -0.328 e. The second-order valence-electron chi connectivity index (χ2n) is 16.8. The van der Waals surface area contributed by atoms with Crippen LogP contribution in [0.3, 0.4) is 0 Å². The molecule has 230 valence electrons. The molecule has 2 N–H and O–H groups in total. The van der Waals surface area contributed by atoms with Crippen molar-refractivity contribution in [2.45, 2.75) is 156 Å². The highest BCUT2D eigenvalue weighted by molar-refractivity contribution is 7.39. The van der Waals surface area contributed by atoms with Crippen molar-refractivity contribution in [3.05, 3.63) is 69.8 Å².